The van der Waals surface area contributed by atoms with Gasteiger partial charge in [0.1, 0.15) is 11.9 Å². The Morgan fingerprint density at radius 3 is 2.72 bits per heavy atom. The van der Waals surface area contributed by atoms with Crippen LogP contribution in [-0.4, -0.2) is 38.2 Å². The highest BCUT2D eigenvalue weighted by molar-refractivity contribution is 5.86. The summed E-state index contributed by atoms with van der Waals surface area (Å²) in [4.78, 5) is 18.5. The van der Waals surface area contributed by atoms with Crippen molar-refractivity contribution in [2.24, 2.45) is 13.0 Å². The first-order valence-electron chi connectivity index (χ1n) is 10.6. The lowest BCUT2D eigenvalue weighted by Gasteiger charge is -2.32. The third-order valence-electron chi connectivity index (χ3n) is 6.17. The first-order chi connectivity index (χ1) is 14.2. The van der Waals surface area contributed by atoms with E-state index in [1.165, 1.54) is 28.3 Å². The lowest BCUT2D eigenvalue weighted by atomic mass is 10.1. The molecule has 0 N–H and O–H groups in total. The van der Waals surface area contributed by atoms with Crippen molar-refractivity contribution in [1.82, 2.24) is 19.0 Å². The molecular weight excluding hydrogens is 364 g/mol. The van der Waals surface area contributed by atoms with Crippen molar-refractivity contribution in [2.75, 3.05) is 13.1 Å². The maximum atomic E-state index is 11.8. The van der Waals surface area contributed by atoms with Gasteiger partial charge in [0.25, 0.3) is 5.56 Å². The molecule has 1 aromatic carbocycles. The Kier molecular flexibility index (Phi) is 4.87. The summed E-state index contributed by atoms with van der Waals surface area (Å²) in [6, 6.07) is 10.2. The molecule has 2 aromatic heterocycles. The van der Waals surface area contributed by atoms with Crippen LogP contribution in [0.4, 0.5) is 0 Å². The van der Waals surface area contributed by atoms with E-state index >= 15 is 0 Å². The van der Waals surface area contributed by atoms with Crippen molar-refractivity contribution in [3.63, 3.8) is 0 Å². The molecule has 2 aliphatic rings. The van der Waals surface area contributed by atoms with Crippen LogP contribution >= 0.6 is 0 Å². The summed E-state index contributed by atoms with van der Waals surface area (Å²) < 4.78 is 10.3. The lowest BCUT2D eigenvalue weighted by molar-refractivity contribution is 0.0972. The van der Waals surface area contributed by atoms with Crippen LogP contribution in [-0.2, 0) is 20.1 Å². The third kappa shape index (κ3) is 4.08. The zero-order valence-corrected chi connectivity index (χ0v) is 17.0. The molecule has 1 aliphatic carbocycles. The van der Waals surface area contributed by atoms with E-state index in [0.717, 1.165) is 56.4 Å². The summed E-state index contributed by atoms with van der Waals surface area (Å²) in [6.45, 7) is 3.77. The Morgan fingerprint density at radius 1 is 1.14 bits per heavy atom. The van der Waals surface area contributed by atoms with E-state index in [1.807, 2.05) is 0 Å². The molecule has 6 heteroatoms. The molecule has 0 unspecified atom stereocenters. The second-order valence-electron chi connectivity index (χ2n) is 8.52. The van der Waals surface area contributed by atoms with Gasteiger partial charge in [0.05, 0.1) is 17.5 Å². The highest BCUT2D eigenvalue weighted by Gasteiger charge is 2.24. The smallest absolute Gasteiger partial charge is 0.253 e. The molecule has 0 spiro atoms. The van der Waals surface area contributed by atoms with Crippen LogP contribution in [0.1, 0.15) is 31.4 Å². The average Bonchev–Trinajstić information content (AvgIpc) is 3.45. The van der Waals surface area contributed by atoms with Crippen molar-refractivity contribution in [3.05, 3.63) is 58.9 Å². The van der Waals surface area contributed by atoms with Crippen molar-refractivity contribution in [1.29, 1.82) is 0 Å². The third-order valence-corrected chi connectivity index (χ3v) is 6.17. The largest absolute Gasteiger partial charge is 0.490 e. The number of piperidine rings is 1. The molecule has 1 aliphatic heterocycles. The topological polar surface area (TPSA) is 52.3 Å². The summed E-state index contributed by atoms with van der Waals surface area (Å²) in [5.74, 6) is 1.86. The first kappa shape index (κ1) is 18.4. The molecule has 1 saturated carbocycles. The number of hydrogen-bond donors (Lipinski definition) is 0. The number of hydrogen-bond acceptors (Lipinski definition) is 4. The molecule has 0 atom stereocenters. The molecule has 5 rings (SSSR count). The molecule has 0 amide bonds. The van der Waals surface area contributed by atoms with E-state index in [0.29, 0.717) is 0 Å². The van der Waals surface area contributed by atoms with Gasteiger partial charge in [-0.25, -0.2) is 4.98 Å². The first-order valence-corrected chi connectivity index (χ1v) is 10.6. The monoisotopic (exact) mass is 392 g/mol. The Hall–Kier alpha value is -2.60. The van der Waals surface area contributed by atoms with Crippen LogP contribution in [0.25, 0.3) is 10.9 Å². The average molecular weight is 393 g/mol. The van der Waals surface area contributed by atoms with Crippen molar-refractivity contribution in [3.8, 4) is 5.75 Å². The molecule has 0 radical (unpaired) electrons. The summed E-state index contributed by atoms with van der Waals surface area (Å²) in [5, 5.41) is 1.22. The Bertz CT molecular complexity index is 1060. The molecule has 1 saturated heterocycles. The highest BCUT2D eigenvalue weighted by Crippen LogP contribution is 2.34. The molecule has 6 nitrogen and oxygen atoms in total. The zero-order valence-electron chi connectivity index (χ0n) is 17.0. The number of rotatable bonds is 6. The van der Waals surface area contributed by atoms with Crippen LogP contribution in [0.5, 0.6) is 5.75 Å². The normalized spacial score (nSPS) is 18.4. The maximum Gasteiger partial charge on any atom is 0.253 e. The van der Waals surface area contributed by atoms with E-state index < -0.39 is 0 Å². The fraction of sp³-hybridized carbons (Fsp3) is 0.478. The summed E-state index contributed by atoms with van der Waals surface area (Å²) in [6.07, 6.45) is 8.75. The van der Waals surface area contributed by atoms with Crippen LogP contribution in [0, 0.1) is 5.92 Å². The molecule has 0 bridgehead atoms. The standard InChI is InChI=1S/C23H28N4O2/c1-25-16-24-18(13-23(25)28)15-26-10-7-19(8-11-26)29-22-4-2-3-21-20(22)9-12-27(21)14-17-5-6-17/h2-4,9,12-13,16-17,19H,5-8,10-11,14-15H2,1H3. The van der Waals surface area contributed by atoms with E-state index in [4.69, 9.17) is 4.74 Å². The predicted molar refractivity (Wildman–Crippen MR) is 113 cm³/mol. The minimum Gasteiger partial charge on any atom is -0.490 e. The molecule has 3 heterocycles. The van der Waals surface area contributed by atoms with Gasteiger partial charge in [-0.1, -0.05) is 6.07 Å². The number of aryl methyl sites for hydroxylation is 1. The van der Waals surface area contributed by atoms with Crippen molar-refractivity contribution in [2.45, 2.75) is 44.9 Å². The van der Waals surface area contributed by atoms with Gasteiger partial charge >= 0.3 is 0 Å². The number of nitrogens with zero attached hydrogens (tertiary/aromatic N) is 4. The highest BCUT2D eigenvalue weighted by atomic mass is 16.5. The Balaban J connectivity index is 1.21. The SMILES string of the molecule is Cn1cnc(CN2CCC(Oc3cccc4c3ccn4CC3CC3)CC2)cc1=O. The van der Waals surface area contributed by atoms with Crippen molar-refractivity contribution >= 4 is 10.9 Å². The van der Waals surface area contributed by atoms with Gasteiger partial charge in [-0.15, -0.1) is 0 Å². The van der Waals surface area contributed by atoms with Crippen molar-refractivity contribution < 1.29 is 4.74 Å². The summed E-state index contributed by atoms with van der Waals surface area (Å²) in [5.41, 5.74) is 2.12. The van der Waals surface area contributed by atoms with Crippen LogP contribution in [0.3, 0.4) is 0 Å². The van der Waals surface area contributed by atoms with Gasteiger partial charge in [0.2, 0.25) is 0 Å². The molecule has 152 valence electrons. The summed E-state index contributed by atoms with van der Waals surface area (Å²) >= 11 is 0. The molecular formula is C23H28N4O2. The number of benzene rings is 1. The lowest BCUT2D eigenvalue weighted by Crippen LogP contribution is -2.38. The van der Waals surface area contributed by atoms with E-state index in [9.17, 15) is 4.79 Å². The van der Waals surface area contributed by atoms with Crippen LogP contribution in [0.2, 0.25) is 0 Å². The van der Waals surface area contributed by atoms with E-state index in [2.05, 4.69) is 44.9 Å². The predicted octanol–water partition coefficient (Wildman–Crippen LogP) is 3.19. The second kappa shape index (κ2) is 7.67. The minimum absolute atomic E-state index is 0.00469. The molecule has 3 aromatic rings. The number of aromatic nitrogens is 3. The zero-order chi connectivity index (χ0) is 19.8. The fourth-order valence-electron chi connectivity index (χ4n) is 4.22. The van der Waals surface area contributed by atoms with Gasteiger partial charge in [-0.3, -0.25) is 9.69 Å². The number of ether oxygens (including phenoxy) is 1. The molecule has 29 heavy (non-hydrogen) atoms. The van der Waals surface area contributed by atoms with Crippen LogP contribution < -0.4 is 10.3 Å². The van der Waals surface area contributed by atoms with Gasteiger partial charge in [-0.05, 0) is 49.8 Å². The maximum absolute atomic E-state index is 11.8. The van der Waals surface area contributed by atoms with Gasteiger partial charge in [-0.2, -0.15) is 0 Å². The number of fused-ring (bicyclic) bond motifs is 1. The Labute approximate surface area is 170 Å². The van der Waals surface area contributed by atoms with Gasteiger partial charge in [0, 0.05) is 50.9 Å². The van der Waals surface area contributed by atoms with E-state index in [-0.39, 0.29) is 11.7 Å². The fourth-order valence-corrected chi connectivity index (χ4v) is 4.22. The van der Waals surface area contributed by atoms with Gasteiger partial charge < -0.3 is 13.9 Å². The summed E-state index contributed by atoms with van der Waals surface area (Å²) in [7, 11) is 1.72. The van der Waals surface area contributed by atoms with Crippen LogP contribution in [0.15, 0.2) is 47.7 Å². The van der Waals surface area contributed by atoms with Gasteiger partial charge in [0.15, 0.2) is 0 Å². The van der Waals surface area contributed by atoms with E-state index in [1.54, 1.807) is 19.4 Å². The number of likely N-dealkylation sites (tertiary alicyclic amines) is 1. The Morgan fingerprint density at radius 2 is 1.97 bits per heavy atom. The second-order valence-corrected chi connectivity index (χ2v) is 8.52. The quantitative estimate of drug-likeness (QED) is 0.647. The molecule has 2 fully saturated rings. The minimum atomic E-state index is -0.00469.